The molecular weight excluding hydrogens is 214 g/mol. The summed E-state index contributed by atoms with van der Waals surface area (Å²) in [5.41, 5.74) is 1.19. The Morgan fingerprint density at radius 2 is 2.12 bits per heavy atom. The highest BCUT2D eigenvalue weighted by atomic mass is 16.1. The number of allylic oxidation sites excluding steroid dienone is 4. The highest BCUT2D eigenvalue weighted by Crippen LogP contribution is 2.09. The lowest BCUT2D eigenvalue weighted by Crippen LogP contribution is -2.05. The van der Waals surface area contributed by atoms with Crippen LogP contribution < -0.4 is 0 Å². The van der Waals surface area contributed by atoms with Crippen molar-refractivity contribution in [2.24, 2.45) is 4.99 Å². The molecule has 1 amide bonds. The van der Waals surface area contributed by atoms with Gasteiger partial charge in [-0.1, -0.05) is 30.4 Å². The first-order valence-corrected chi connectivity index (χ1v) is 5.12. The number of aldehydes is 1. The van der Waals surface area contributed by atoms with E-state index in [0.717, 1.165) is 0 Å². The van der Waals surface area contributed by atoms with Crippen LogP contribution in [0.2, 0.25) is 0 Å². The fourth-order valence-corrected chi connectivity index (χ4v) is 1.45. The molecular formula is C14H9NO2. The lowest BCUT2D eigenvalue weighted by Gasteiger charge is -2.02. The number of amides is 1. The van der Waals surface area contributed by atoms with Crippen LogP contribution in [0.25, 0.3) is 0 Å². The van der Waals surface area contributed by atoms with Crippen LogP contribution in [0.1, 0.15) is 27.1 Å². The summed E-state index contributed by atoms with van der Waals surface area (Å²) >= 11 is 0. The maximum Gasteiger partial charge on any atom is 0.277 e. The zero-order valence-electron chi connectivity index (χ0n) is 9.01. The molecule has 0 unspecified atom stereocenters. The average molecular weight is 223 g/mol. The van der Waals surface area contributed by atoms with Crippen LogP contribution in [-0.4, -0.2) is 17.9 Å². The molecule has 0 aromatic heterocycles. The summed E-state index contributed by atoms with van der Waals surface area (Å²) < 4.78 is 0. The second-order valence-corrected chi connectivity index (χ2v) is 3.43. The van der Waals surface area contributed by atoms with Crippen LogP contribution in [0.5, 0.6) is 0 Å². The maximum absolute atomic E-state index is 11.9. The van der Waals surface area contributed by atoms with E-state index in [4.69, 9.17) is 0 Å². The number of aliphatic imine (C=N–C) groups is 1. The molecule has 3 nitrogen and oxygen atoms in total. The molecule has 0 fully saturated rings. The Morgan fingerprint density at radius 3 is 2.82 bits per heavy atom. The first kappa shape index (κ1) is 11.2. The molecule has 0 heterocycles. The van der Waals surface area contributed by atoms with Gasteiger partial charge in [-0.3, -0.25) is 9.59 Å². The monoisotopic (exact) mass is 223 g/mol. The summed E-state index contributed by atoms with van der Waals surface area (Å²) in [4.78, 5) is 26.5. The van der Waals surface area contributed by atoms with Crippen molar-refractivity contribution in [1.82, 2.24) is 0 Å². The summed E-state index contributed by atoms with van der Waals surface area (Å²) in [6.45, 7) is 0. The second kappa shape index (κ2) is 5.16. The third-order valence-corrected chi connectivity index (χ3v) is 2.28. The van der Waals surface area contributed by atoms with Crippen LogP contribution in [0, 0.1) is 12.2 Å². The van der Waals surface area contributed by atoms with Gasteiger partial charge in [-0.15, -0.1) is 0 Å². The van der Waals surface area contributed by atoms with Crippen molar-refractivity contribution in [2.45, 2.75) is 6.42 Å². The van der Waals surface area contributed by atoms with E-state index in [2.05, 4.69) is 17.1 Å². The molecule has 0 atom stereocenters. The minimum absolute atomic E-state index is 0.311. The molecule has 1 aromatic carbocycles. The highest BCUT2D eigenvalue weighted by molar-refractivity contribution is 6.09. The van der Waals surface area contributed by atoms with Gasteiger partial charge >= 0.3 is 0 Å². The van der Waals surface area contributed by atoms with E-state index in [0.29, 0.717) is 29.5 Å². The highest BCUT2D eigenvalue weighted by Gasteiger charge is 2.10. The van der Waals surface area contributed by atoms with Gasteiger partial charge in [0.15, 0.2) is 6.29 Å². The van der Waals surface area contributed by atoms with Gasteiger partial charge in [0, 0.05) is 18.1 Å². The molecule has 17 heavy (non-hydrogen) atoms. The predicted molar refractivity (Wildman–Crippen MR) is 63.8 cm³/mol. The number of nitrogens with zero attached hydrogens (tertiary/aromatic N) is 1. The smallest absolute Gasteiger partial charge is 0.277 e. The maximum atomic E-state index is 11.9. The van der Waals surface area contributed by atoms with E-state index in [-0.39, 0.29) is 0 Å². The van der Waals surface area contributed by atoms with E-state index in [1.165, 1.54) is 0 Å². The Labute approximate surface area is 99.2 Å². The lowest BCUT2D eigenvalue weighted by atomic mass is 10.1. The molecule has 0 saturated carbocycles. The van der Waals surface area contributed by atoms with Gasteiger partial charge < -0.3 is 0 Å². The fraction of sp³-hybridized carbons (Fsp3) is 0.0714. The first-order valence-electron chi connectivity index (χ1n) is 5.12. The van der Waals surface area contributed by atoms with E-state index in [1.54, 1.807) is 36.4 Å². The van der Waals surface area contributed by atoms with Gasteiger partial charge in [-0.25, -0.2) is 4.99 Å². The van der Waals surface area contributed by atoms with Crippen LogP contribution in [0.15, 0.2) is 41.4 Å². The van der Waals surface area contributed by atoms with Crippen molar-refractivity contribution in [3.05, 3.63) is 59.7 Å². The Hall–Kier alpha value is -2.29. The molecule has 1 aromatic rings. The zero-order valence-corrected chi connectivity index (χ0v) is 9.01. The number of carbonyl (C=O) groups excluding carboxylic acids is 2. The Morgan fingerprint density at radius 1 is 1.29 bits per heavy atom. The molecule has 0 N–H and O–H groups in total. The first-order chi connectivity index (χ1) is 8.31. The molecule has 3 heteroatoms. The Kier molecular flexibility index (Phi) is 3.40. The van der Waals surface area contributed by atoms with Crippen molar-refractivity contribution < 1.29 is 9.59 Å². The molecule has 2 radical (unpaired) electrons. The summed E-state index contributed by atoms with van der Waals surface area (Å²) in [6, 6.07) is 6.58. The van der Waals surface area contributed by atoms with Crippen LogP contribution in [0.4, 0.5) is 0 Å². The van der Waals surface area contributed by atoms with Gasteiger partial charge in [-0.2, -0.15) is 0 Å². The van der Waals surface area contributed by atoms with Gasteiger partial charge in [0.25, 0.3) is 5.91 Å². The van der Waals surface area contributed by atoms with Crippen molar-refractivity contribution in [3.63, 3.8) is 0 Å². The van der Waals surface area contributed by atoms with Gasteiger partial charge in [0.05, 0.1) is 11.3 Å². The van der Waals surface area contributed by atoms with Crippen LogP contribution in [0.3, 0.4) is 0 Å². The standard InChI is InChI=1S/C14H9NO2/c16-10-11-6-4-5-9-13(11)14(17)15-12-7-2-1-3-8-12/h1-2,4-6,9-10H,8H2. The second-order valence-electron chi connectivity index (χ2n) is 3.43. The Balaban J connectivity index is 2.28. The average Bonchev–Trinajstić information content (AvgIpc) is 2.40. The summed E-state index contributed by atoms with van der Waals surface area (Å²) in [5.74, 6) is -0.424. The molecule has 0 spiro atoms. The Bertz CT molecular complexity index is 539. The molecule has 0 saturated heterocycles. The van der Waals surface area contributed by atoms with Crippen molar-refractivity contribution in [1.29, 1.82) is 0 Å². The fourth-order valence-electron chi connectivity index (χ4n) is 1.45. The number of hydrogen-bond acceptors (Lipinski definition) is 2. The van der Waals surface area contributed by atoms with Crippen LogP contribution in [-0.2, 0) is 0 Å². The van der Waals surface area contributed by atoms with E-state index in [9.17, 15) is 9.59 Å². The number of carbonyl (C=O) groups is 2. The number of benzene rings is 1. The van der Waals surface area contributed by atoms with E-state index < -0.39 is 5.91 Å². The topological polar surface area (TPSA) is 46.5 Å². The third kappa shape index (κ3) is 2.64. The van der Waals surface area contributed by atoms with E-state index in [1.807, 2.05) is 0 Å². The predicted octanol–water partition coefficient (Wildman–Crippen LogP) is 2.20. The molecule has 0 bridgehead atoms. The molecule has 2 rings (SSSR count). The minimum atomic E-state index is -0.424. The summed E-state index contributed by atoms with van der Waals surface area (Å²) in [5, 5.41) is 0. The summed E-state index contributed by atoms with van der Waals surface area (Å²) in [7, 11) is 0. The minimum Gasteiger partial charge on any atom is -0.298 e. The molecule has 82 valence electrons. The number of rotatable bonds is 2. The molecule has 1 aliphatic carbocycles. The van der Waals surface area contributed by atoms with Gasteiger partial charge in [-0.05, 0) is 12.1 Å². The molecule has 1 aliphatic rings. The SMILES string of the molecule is O=Cc1ccccc1C(=O)N=C1[C]=CC=[C]C1. The zero-order chi connectivity index (χ0) is 12.1. The third-order valence-electron chi connectivity index (χ3n) is 2.28. The molecule has 0 aliphatic heterocycles. The number of hydrogen-bond donors (Lipinski definition) is 0. The normalized spacial score (nSPS) is 16.1. The van der Waals surface area contributed by atoms with Gasteiger partial charge in [0.2, 0.25) is 0 Å². The van der Waals surface area contributed by atoms with Gasteiger partial charge in [0.1, 0.15) is 0 Å². The van der Waals surface area contributed by atoms with E-state index >= 15 is 0 Å². The lowest BCUT2D eigenvalue weighted by molar-refractivity contribution is 0.0995. The van der Waals surface area contributed by atoms with Crippen molar-refractivity contribution >= 4 is 17.9 Å². The van der Waals surface area contributed by atoms with Crippen molar-refractivity contribution in [2.75, 3.05) is 0 Å². The summed E-state index contributed by atoms with van der Waals surface area (Å²) in [6.07, 6.45) is 10.3. The van der Waals surface area contributed by atoms with Crippen LogP contribution >= 0.6 is 0 Å². The van der Waals surface area contributed by atoms with Crippen molar-refractivity contribution in [3.8, 4) is 0 Å². The quantitative estimate of drug-likeness (QED) is 0.721. The largest absolute Gasteiger partial charge is 0.298 e.